The summed E-state index contributed by atoms with van der Waals surface area (Å²) in [6.45, 7) is 0. The minimum Gasteiger partial charge on any atom is -0.391 e. The molecule has 2 unspecified atom stereocenters. The van der Waals surface area contributed by atoms with Crippen LogP contribution in [0.5, 0.6) is 0 Å². The van der Waals surface area contributed by atoms with Crippen molar-refractivity contribution < 1.29 is 18.3 Å². The first-order chi connectivity index (χ1) is 14.2. The van der Waals surface area contributed by atoms with Gasteiger partial charge in [0.05, 0.1) is 27.9 Å². The van der Waals surface area contributed by atoms with Crippen LogP contribution in [-0.4, -0.2) is 38.0 Å². The van der Waals surface area contributed by atoms with Crippen LogP contribution in [-0.2, 0) is 6.42 Å². The monoisotopic (exact) mass is 458 g/mol. The Balaban J connectivity index is 1.62. The number of aliphatic hydroxyl groups is 1. The molecule has 4 rings (SSSR count). The van der Waals surface area contributed by atoms with Crippen molar-refractivity contribution in [3.05, 3.63) is 46.3 Å². The number of nitrogens with zero attached hydrogens (tertiary/aromatic N) is 3. The Labute approximate surface area is 180 Å². The molecule has 0 bridgehead atoms. The highest BCUT2D eigenvalue weighted by molar-refractivity contribution is 6.36. The quantitative estimate of drug-likeness (QED) is 0.539. The predicted octanol–water partition coefficient (Wildman–Crippen LogP) is 5.52. The standard InChI is InChI=1S/C20H19Cl2F3N4O/c21-13-9-11(5-6-14(13)26-15-3-1-2-4-16(15)30)12-7-8-29-17(10-20(23,24)25)27-28-19(29)18(12)22/h5-9,15-16,26,30H,1-4,10H2. The summed E-state index contributed by atoms with van der Waals surface area (Å²) in [4.78, 5) is 0. The van der Waals surface area contributed by atoms with E-state index in [1.54, 1.807) is 18.2 Å². The average Bonchev–Trinajstić information content (AvgIpc) is 3.07. The van der Waals surface area contributed by atoms with E-state index in [4.69, 9.17) is 23.2 Å². The number of rotatable bonds is 4. The van der Waals surface area contributed by atoms with Gasteiger partial charge >= 0.3 is 6.18 Å². The second-order valence-corrected chi connectivity index (χ2v) is 8.23. The number of halogens is 5. The van der Waals surface area contributed by atoms with Crippen molar-refractivity contribution in [3.8, 4) is 11.1 Å². The van der Waals surface area contributed by atoms with Crippen LogP contribution in [0.25, 0.3) is 16.8 Å². The molecular formula is C20H19Cl2F3N4O. The van der Waals surface area contributed by atoms with Gasteiger partial charge in [-0.25, -0.2) is 0 Å². The Morgan fingerprint density at radius 2 is 1.90 bits per heavy atom. The zero-order valence-electron chi connectivity index (χ0n) is 15.8. The number of nitrogens with one attached hydrogen (secondary N) is 1. The molecule has 10 heteroatoms. The van der Waals surface area contributed by atoms with E-state index >= 15 is 0 Å². The van der Waals surface area contributed by atoms with Gasteiger partial charge in [-0.3, -0.25) is 4.40 Å². The second kappa shape index (κ2) is 8.24. The van der Waals surface area contributed by atoms with Gasteiger partial charge in [0.25, 0.3) is 0 Å². The smallest absolute Gasteiger partial charge is 0.391 e. The molecule has 2 heterocycles. The molecule has 0 spiro atoms. The number of aliphatic hydroxyl groups excluding tert-OH is 1. The first-order valence-corrected chi connectivity index (χ1v) is 10.3. The van der Waals surface area contributed by atoms with Gasteiger partial charge in [-0.05, 0) is 36.6 Å². The number of pyridine rings is 1. The largest absolute Gasteiger partial charge is 0.396 e. The van der Waals surface area contributed by atoms with Gasteiger partial charge in [-0.1, -0.05) is 42.1 Å². The van der Waals surface area contributed by atoms with Crippen molar-refractivity contribution in [3.63, 3.8) is 0 Å². The third-order valence-electron chi connectivity index (χ3n) is 5.30. The molecule has 1 aliphatic carbocycles. The molecule has 2 N–H and O–H groups in total. The van der Waals surface area contributed by atoms with Crippen molar-refractivity contribution >= 4 is 34.5 Å². The van der Waals surface area contributed by atoms with Crippen LogP contribution in [0, 0.1) is 0 Å². The Morgan fingerprint density at radius 3 is 2.60 bits per heavy atom. The van der Waals surface area contributed by atoms with Crippen LogP contribution in [0.3, 0.4) is 0 Å². The summed E-state index contributed by atoms with van der Waals surface area (Å²) < 4.78 is 39.4. The number of aromatic nitrogens is 3. The number of benzene rings is 1. The molecule has 160 valence electrons. The summed E-state index contributed by atoms with van der Waals surface area (Å²) in [5.41, 5.74) is 2.14. The Hall–Kier alpha value is -2.03. The molecular weight excluding hydrogens is 440 g/mol. The summed E-state index contributed by atoms with van der Waals surface area (Å²) in [6.07, 6.45) is -0.831. The van der Waals surface area contributed by atoms with Crippen LogP contribution >= 0.6 is 23.2 Å². The van der Waals surface area contributed by atoms with E-state index in [2.05, 4.69) is 15.5 Å². The molecule has 0 radical (unpaired) electrons. The highest BCUT2D eigenvalue weighted by atomic mass is 35.5. The van der Waals surface area contributed by atoms with Crippen LogP contribution in [0.4, 0.5) is 18.9 Å². The van der Waals surface area contributed by atoms with E-state index in [1.807, 2.05) is 6.07 Å². The molecule has 2 aromatic heterocycles. The minimum atomic E-state index is -4.39. The van der Waals surface area contributed by atoms with Crippen molar-refractivity contribution in [1.29, 1.82) is 0 Å². The van der Waals surface area contributed by atoms with Crippen molar-refractivity contribution in [1.82, 2.24) is 14.6 Å². The molecule has 1 aliphatic rings. The normalized spacial score (nSPS) is 19.9. The number of anilines is 1. The van der Waals surface area contributed by atoms with Crippen LogP contribution in [0.15, 0.2) is 30.5 Å². The number of alkyl halides is 3. The third kappa shape index (κ3) is 4.36. The van der Waals surface area contributed by atoms with E-state index < -0.39 is 18.7 Å². The van der Waals surface area contributed by atoms with Gasteiger partial charge in [-0.15, -0.1) is 10.2 Å². The van der Waals surface area contributed by atoms with Gasteiger partial charge in [0.1, 0.15) is 12.2 Å². The lowest BCUT2D eigenvalue weighted by molar-refractivity contribution is -0.128. The van der Waals surface area contributed by atoms with Crippen LogP contribution in [0.2, 0.25) is 10.0 Å². The topological polar surface area (TPSA) is 62.5 Å². The number of hydrogen-bond acceptors (Lipinski definition) is 4. The van der Waals surface area contributed by atoms with Gasteiger partial charge in [0, 0.05) is 11.8 Å². The van der Waals surface area contributed by atoms with Crippen molar-refractivity contribution in [2.45, 2.75) is 50.4 Å². The van der Waals surface area contributed by atoms with E-state index in [1.165, 1.54) is 10.6 Å². The third-order valence-corrected chi connectivity index (χ3v) is 5.98. The summed E-state index contributed by atoms with van der Waals surface area (Å²) in [7, 11) is 0. The number of fused-ring (bicyclic) bond motifs is 1. The van der Waals surface area contributed by atoms with E-state index in [0.717, 1.165) is 25.7 Å². The highest BCUT2D eigenvalue weighted by Gasteiger charge is 2.31. The SMILES string of the molecule is OC1CCCCC1Nc1ccc(-c2ccn3c(CC(F)(F)F)nnc3c2Cl)cc1Cl. The number of hydrogen-bond donors (Lipinski definition) is 2. The Morgan fingerprint density at radius 1 is 1.13 bits per heavy atom. The van der Waals surface area contributed by atoms with Crippen LogP contribution in [0.1, 0.15) is 31.5 Å². The van der Waals surface area contributed by atoms with Gasteiger partial charge < -0.3 is 10.4 Å². The van der Waals surface area contributed by atoms with Crippen molar-refractivity contribution in [2.24, 2.45) is 0 Å². The molecule has 1 saturated carbocycles. The predicted molar refractivity (Wildman–Crippen MR) is 110 cm³/mol. The molecule has 1 fully saturated rings. The molecule has 0 amide bonds. The second-order valence-electron chi connectivity index (χ2n) is 7.44. The molecule has 2 atom stereocenters. The Kier molecular flexibility index (Phi) is 5.83. The first kappa shape index (κ1) is 21.2. The fourth-order valence-corrected chi connectivity index (χ4v) is 4.31. The van der Waals surface area contributed by atoms with Gasteiger partial charge in [-0.2, -0.15) is 13.2 Å². The lowest BCUT2D eigenvalue weighted by Gasteiger charge is -2.29. The Bertz CT molecular complexity index is 1070. The molecule has 0 saturated heterocycles. The fraction of sp³-hybridized carbons (Fsp3) is 0.400. The summed E-state index contributed by atoms with van der Waals surface area (Å²) in [6, 6.07) is 6.91. The van der Waals surface area contributed by atoms with E-state index in [-0.39, 0.29) is 22.5 Å². The van der Waals surface area contributed by atoms with Gasteiger partial charge in [0.15, 0.2) is 5.65 Å². The summed E-state index contributed by atoms with van der Waals surface area (Å²) >= 11 is 12.9. The van der Waals surface area contributed by atoms with Crippen LogP contribution < -0.4 is 5.32 Å². The lowest BCUT2D eigenvalue weighted by Crippen LogP contribution is -2.36. The van der Waals surface area contributed by atoms with E-state index in [9.17, 15) is 18.3 Å². The van der Waals surface area contributed by atoms with Gasteiger partial charge in [0.2, 0.25) is 0 Å². The molecule has 30 heavy (non-hydrogen) atoms. The summed E-state index contributed by atoms with van der Waals surface area (Å²) in [5, 5.41) is 21.6. The maximum atomic E-state index is 12.7. The molecule has 0 aliphatic heterocycles. The van der Waals surface area contributed by atoms with E-state index in [0.29, 0.717) is 21.8 Å². The average molecular weight is 459 g/mol. The minimum absolute atomic E-state index is 0.0508. The first-order valence-electron chi connectivity index (χ1n) is 9.56. The maximum Gasteiger partial charge on any atom is 0.396 e. The highest BCUT2D eigenvalue weighted by Crippen LogP contribution is 2.36. The lowest BCUT2D eigenvalue weighted by atomic mass is 9.92. The van der Waals surface area contributed by atoms with Crippen molar-refractivity contribution in [2.75, 3.05) is 5.32 Å². The fourth-order valence-electron chi connectivity index (χ4n) is 3.77. The molecule has 3 aromatic rings. The molecule has 1 aromatic carbocycles. The zero-order chi connectivity index (χ0) is 21.5. The summed E-state index contributed by atoms with van der Waals surface area (Å²) in [5.74, 6) is -0.227. The zero-order valence-corrected chi connectivity index (χ0v) is 17.3. The molecule has 5 nitrogen and oxygen atoms in total. The maximum absolute atomic E-state index is 12.7.